The summed E-state index contributed by atoms with van der Waals surface area (Å²) in [5.74, 6) is 1.31. The standard InChI is InChI=1S/C23H24N2O5/c26-22(14-9-10-14)24-18-12-28-21-19(13-29-20(18)21)25-23(27)15-5-4-8-17(11-15)30-16-6-2-1-3-7-16/h1-8,11,14,18-21H,9-10,12-13H2,(H,24,26)(H,25,27). The van der Waals surface area contributed by atoms with Crippen LogP contribution >= 0.6 is 0 Å². The van der Waals surface area contributed by atoms with Crippen molar-refractivity contribution in [1.82, 2.24) is 10.6 Å². The van der Waals surface area contributed by atoms with Crippen LogP contribution in [0.15, 0.2) is 54.6 Å². The predicted molar refractivity (Wildman–Crippen MR) is 108 cm³/mol. The largest absolute Gasteiger partial charge is 0.457 e. The van der Waals surface area contributed by atoms with Gasteiger partial charge in [-0.15, -0.1) is 0 Å². The van der Waals surface area contributed by atoms with E-state index < -0.39 is 0 Å². The molecule has 156 valence electrons. The number of fused-ring (bicyclic) bond motifs is 1. The van der Waals surface area contributed by atoms with Crippen molar-refractivity contribution in [2.24, 2.45) is 5.92 Å². The maximum atomic E-state index is 12.8. The van der Waals surface area contributed by atoms with Gasteiger partial charge in [0.15, 0.2) is 0 Å². The summed E-state index contributed by atoms with van der Waals surface area (Å²) >= 11 is 0. The Kier molecular flexibility index (Phi) is 5.14. The molecule has 2 aromatic carbocycles. The molecule has 1 aliphatic carbocycles. The van der Waals surface area contributed by atoms with E-state index in [4.69, 9.17) is 14.2 Å². The summed E-state index contributed by atoms with van der Waals surface area (Å²) in [6.45, 7) is 0.762. The topological polar surface area (TPSA) is 85.9 Å². The molecule has 2 aromatic rings. The lowest BCUT2D eigenvalue weighted by atomic mass is 10.1. The summed E-state index contributed by atoms with van der Waals surface area (Å²) in [6.07, 6.45) is 1.42. The monoisotopic (exact) mass is 408 g/mol. The van der Waals surface area contributed by atoms with Gasteiger partial charge in [0.05, 0.1) is 25.3 Å². The third-order valence-electron chi connectivity index (χ3n) is 5.72. The predicted octanol–water partition coefficient (Wildman–Crippen LogP) is 2.27. The van der Waals surface area contributed by atoms with E-state index in [1.807, 2.05) is 36.4 Å². The number of amides is 2. The molecular weight excluding hydrogens is 384 g/mol. The van der Waals surface area contributed by atoms with Crippen molar-refractivity contribution in [3.05, 3.63) is 60.2 Å². The van der Waals surface area contributed by atoms with Gasteiger partial charge < -0.3 is 24.8 Å². The first-order chi connectivity index (χ1) is 14.7. The van der Waals surface area contributed by atoms with Crippen LogP contribution in [0.3, 0.4) is 0 Å². The fourth-order valence-electron chi connectivity index (χ4n) is 3.97. The Labute approximate surface area is 174 Å². The Morgan fingerprint density at radius 1 is 0.833 bits per heavy atom. The van der Waals surface area contributed by atoms with Crippen molar-refractivity contribution in [2.75, 3.05) is 13.2 Å². The highest BCUT2D eigenvalue weighted by Crippen LogP contribution is 2.31. The zero-order chi connectivity index (χ0) is 20.5. The average molecular weight is 408 g/mol. The molecule has 3 fully saturated rings. The molecular formula is C23H24N2O5. The van der Waals surface area contributed by atoms with Crippen LogP contribution in [0.1, 0.15) is 23.2 Å². The van der Waals surface area contributed by atoms with Crippen molar-refractivity contribution in [3.63, 3.8) is 0 Å². The molecule has 30 heavy (non-hydrogen) atoms. The second-order valence-corrected chi connectivity index (χ2v) is 8.01. The normalized spacial score (nSPS) is 27.3. The van der Waals surface area contributed by atoms with E-state index in [0.29, 0.717) is 30.3 Å². The number of benzene rings is 2. The van der Waals surface area contributed by atoms with Gasteiger partial charge in [0.25, 0.3) is 5.91 Å². The summed E-state index contributed by atoms with van der Waals surface area (Å²) < 4.78 is 17.5. The molecule has 1 saturated carbocycles. The summed E-state index contributed by atoms with van der Waals surface area (Å²) in [5.41, 5.74) is 0.503. The number of nitrogens with one attached hydrogen (secondary N) is 2. The summed E-state index contributed by atoms with van der Waals surface area (Å²) in [4.78, 5) is 24.9. The van der Waals surface area contributed by atoms with Crippen LogP contribution in [0.25, 0.3) is 0 Å². The molecule has 4 atom stereocenters. The van der Waals surface area contributed by atoms with Crippen molar-refractivity contribution in [1.29, 1.82) is 0 Å². The molecule has 5 rings (SSSR count). The molecule has 4 unspecified atom stereocenters. The van der Waals surface area contributed by atoms with Gasteiger partial charge in [-0.1, -0.05) is 24.3 Å². The molecule has 7 nitrogen and oxygen atoms in total. The van der Waals surface area contributed by atoms with Crippen LogP contribution in [0.4, 0.5) is 0 Å². The van der Waals surface area contributed by atoms with Crippen LogP contribution in [0, 0.1) is 5.92 Å². The van der Waals surface area contributed by atoms with Crippen molar-refractivity contribution in [2.45, 2.75) is 37.1 Å². The highest BCUT2D eigenvalue weighted by Gasteiger charge is 2.49. The summed E-state index contributed by atoms with van der Waals surface area (Å²) in [5, 5.41) is 6.04. The van der Waals surface area contributed by atoms with Crippen molar-refractivity contribution >= 4 is 11.8 Å². The molecule has 2 saturated heterocycles. The smallest absolute Gasteiger partial charge is 0.251 e. The van der Waals surface area contributed by atoms with Gasteiger partial charge >= 0.3 is 0 Å². The first kappa shape index (κ1) is 19.1. The SMILES string of the molecule is O=C(NC1COC2C(NC(=O)C3CC3)COC12)c1cccc(Oc2ccccc2)c1. The van der Waals surface area contributed by atoms with E-state index in [9.17, 15) is 9.59 Å². The van der Waals surface area contributed by atoms with Crippen molar-refractivity contribution < 1.29 is 23.8 Å². The van der Waals surface area contributed by atoms with E-state index in [1.165, 1.54) is 0 Å². The van der Waals surface area contributed by atoms with Crippen LogP contribution in [-0.2, 0) is 14.3 Å². The molecule has 2 aliphatic heterocycles. The van der Waals surface area contributed by atoms with Crippen LogP contribution in [0.5, 0.6) is 11.5 Å². The maximum absolute atomic E-state index is 12.8. The Morgan fingerprint density at radius 2 is 1.50 bits per heavy atom. The summed E-state index contributed by atoms with van der Waals surface area (Å²) in [6, 6.07) is 16.1. The Morgan fingerprint density at radius 3 is 2.20 bits per heavy atom. The number of rotatable bonds is 6. The lowest BCUT2D eigenvalue weighted by Gasteiger charge is -2.18. The van der Waals surface area contributed by atoms with Gasteiger partial charge in [-0.25, -0.2) is 0 Å². The average Bonchev–Trinajstić information content (AvgIpc) is 3.44. The van der Waals surface area contributed by atoms with Crippen LogP contribution < -0.4 is 15.4 Å². The minimum Gasteiger partial charge on any atom is -0.457 e. The number of hydrogen-bond acceptors (Lipinski definition) is 5. The third-order valence-corrected chi connectivity index (χ3v) is 5.72. The lowest BCUT2D eigenvalue weighted by Crippen LogP contribution is -2.47. The second kappa shape index (κ2) is 8.08. The molecule has 2 amide bonds. The quantitative estimate of drug-likeness (QED) is 0.766. The molecule has 3 aliphatic rings. The second-order valence-electron chi connectivity index (χ2n) is 8.01. The highest BCUT2D eigenvalue weighted by molar-refractivity contribution is 5.94. The molecule has 0 spiro atoms. The van der Waals surface area contributed by atoms with Gasteiger partial charge in [-0.05, 0) is 43.2 Å². The van der Waals surface area contributed by atoms with E-state index in [0.717, 1.165) is 12.8 Å². The molecule has 0 radical (unpaired) electrons. The number of carbonyl (C=O) groups is 2. The Balaban J connectivity index is 1.20. The van der Waals surface area contributed by atoms with E-state index in [2.05, 4.69) is 10.6 Å². The zero-order valence-corrected chi connectivity index (χ0v) is 16.5. The molecule has 2 N–H and O–H groups in total. The van der Waals surface area contributed by atoms with Gasteiger partial charge in [-0.2, -0.15) is 0 Å². The van der Waals surface area contributed by atoms with E-state index >= 15 is 0 Å². The number of para-hydroxylation sites is 1. The first-order valence-electron chi connectivity index (χ1n) is 10.3. The highest BCUT2D eigenvalue weighted by atomic mass is 16.6. The third kappa shape index (κ3) is 4.04. The van der Waals surface area contributed by atoms with Crippen LogP contribution in [-0.4, -0.2) is 49.3 Å². The van der Waals surface area contributed by atoms with Gasteiger partial charge in [0, 0.05) is 11.5 Å². The molecule has 0 aromatic heterocycles. The zero-order valence-electron chi connectivity index (χ0n) is 16.5. The molecule has 2 heterocycles. The van der Waals surface area contributed by atoms with Crippen molar-refractivity contribution in [3.8, 4) is 11.5 Å². The fourth-order valence-corrected chi connectivity index (χ4v) is 3.97. The Hall–Kier alpha value is -2.90. The van der Waals surface area contributed by atoms with Gasteiger partial charge in [0.1, 0.15) is 23.7 Å². The lowest BCUT2D eigenvalue weighted by molar-refractivity contribution is -0.123. The summed E-state index contributed by atoms with van der Waals surface area (Å²) in [7, 11) is 0. The van der Waals surface area contributed by atoms with Gasteiger partial charge in [-0.3, -0.25) is 9.59 Å². The maximum Gasteiger partial charge on any atom is 0.251 e. The molecule has 0 bridgehead atoms. The first-order valence-corrected chi connectivity index (χ1v) is 10.3. The van der Waals surface area contributed by atoms with E-state index in [1.54, 1.807) is 18.2 Å². The van der Waals surface area contributed by atoms with Gasteiger partial charge in [0.2, 0.25) is 5.91 Å². The van der Waals surface area contributed by atoms with E-state index in [-0.39, 0.29) is 42.0 Å². The minimum absolute atomic E-state index is 0.0792. The minimum atomic E-state index is -0.262. The fraction of sp³-hybridized carbons (Fsp3) is 0.391. The Bertz CT molecular complexity index is 930. The number of hydrogen-bond donors (Lipinski definition) is 2. The number of ether oxygens (including phenoxy) is 3. The van der Waals surface area contributed by atoms with Crippen LogP contribution in [0.2, 0.25) is 0 Å². The molecule has 7 heteroatoms. The number of carbonyl (C=O) groups excluding carboxylic acids is 2.